The zero-order valence-corrected chi connectivity index (χ0v) is 15.6. The zero-order valence-electron chi connectivity index (χ0n) is 14.0. The molecule has 0 spiro atoms. The Kier molecular flexibility index (Phi) is 6.76. The average Bonchev–Trinajstić information content (AvgIpc) is 2.61. The van der Waals surface area contributed by atoms with Crippen LogP contribution in [-0.2, 0) is 24.2 Å². The van der Waals surface area contributed by atoms with E-state index in [4.69, 9.17) is 11.6 Å². The smallest absolute Gasteiger partial charge is 0.307 e. The third-order valence-electron chi connectivity index (χ3n) is 3.63. The molecule has 8 heteroatoms. The van der Waals surface area contributed by atoms with Gasteiger partial charge >= 0.3 is 5.97 Å². The van der Waals surface area contributed by atoms with Gasteiger partial charge in [-0.1, -0.05) is 41.9 Å². The highest BCUT2D eigenvalue weighted by atomic mass is 35.5. The van der Waals surface area contributed by atoms with Crippen LogP contribution in [0.25, 0.3) is 0 Å². The van der Waals surface area contributed by atoms with Gasteiger partial charge in [0.25, 0.3) is 0 Å². The Bertz CT molecular complexity index is 866. The molecule has 0 aliphatic rings. The van der Waals surface area contributed by atoms with Gasteiger partial charge in [0.15, 0.2) is 9.84 Å². The van der Waals surface area contributed by atoms with Crippen molar-refractivity contribution in [1.29, 1.82) is 0 Å². The molecule has 138 valence electrons. The van der Waals surface area contributed by atoms with E-state index in [2.05, 4.69) is 10.1 Å². The Balaban J connectivity index is 2.13. The number of ether oxygens (including phenoxy) is 1. The minimum atomic E-state index is -3.82. The highest BCUT2D eigenvalue weighted by molar-refractivity contribution is 7.92. The van der Waals surface area contributed by atoms with Crippen molar-refractivity contribution < 1.29 is 22.7 Å². The maximum absolute atomic E-state index is 12.4. The Morgan fingerprint density at radius 2 is 1.69 bits per heavy atom. The van der Waals surface area contributed by atoms with Gasteiger partial charge in [-0.05, 0) is 29.8 Å². The fraction of sp³-hybridized carbons (Fsp3) is 0.222. The van der Waals surface area contributed by atoms with Crippen LogP contribution in [-0.4, -0.2) is 33.2 Å². The molecule has 1 unspecified atom stereocenters. The van der Waals surface area contributed by atoms with Crippen LogP contribution < -0.4 is 5.32 Å². The molecule has 0 radical (unpaired) electrons. The summed E-state index contributed by atoms with van der Waals surface area (Å²) in [5, 5.41) is 2.99. The van der Waals surface area contributed by atoms with Crippen molar-refractivity contribution in [3.63, 3.8) is 0 Å². The number of benzene rings is 2. The molecule has 0 aliphatic carbocycles. The molecule has 0 bridgehead atoms. The molecule has 0 saturated heterocycles. The molecule has 0 aliphatic heterocycles. The lowest BCUT2D eigenvalue weighted by Gasteiger charge is -2.18. The lowest BCUT2D eigenvalue weighted by atomic mass is 10.0. The topological polar surface area (TPSA) is 89.5 Å². The standard InChI is InChI=1S/C18H18ClNO5S/c1-25-18(22)11-16(13-5-3-2-4-6-13)20-17(21)12-26(23,24)15-9-7-14(19)8-10-15/h2-10,16H,11-12H2,1H3,(H,20,21). The normalized spacial score (nSPS) is 12.2. The predicted octanol–water partition coefficient (Wildman–Crippen LogP) is 2.53. The lowest BCUT2D eigenvalue weighted by Crippen LogP contribution is -2.34. The van der Waals surface area contributed by atoms with Crippen LogP contribution in [0.2, 0.25) is 5.02 Å². The monoisotopic (exact) mass is 395 g/mol. The molecule has 0 aromatic heterocycles. The Morgan fingerprint density at radius 3 is 2.27 bits per heavy atom. The van der Waals surface area contributed by atoms with Crippen LogP contribution >= 0.6 is 11.6 Å². The van der Waals surface area contributed by atoms with Crippen molar-refractivity contribution in [1.82, 2.24) is 5.32 Å². The molecule has 0 heterocycles. The molecule has 2 aromatic rings. The second kappa shape index (κ2) is 8.82. The van der Waals surface area contributed by atoms with E-state index in [1.807, 2.05) is 0 Å². The van der Waals surface area contributed by atoms with Crippen molar-refractivity contribution in [3.05, 3.63) is 65.2 Å². The van der Waals surface area contributed by atoms with Gasteiger partial charge in [0.2, 0.25) is 5.91 Å². The maximum atomic E-state index is 12.4. The van der Waals surface area contributed by atoms with Gasteiger partial charge in [0, 0.05) is 5.02 Å². The summed E-state index contributed by atoms with van der Waals surface area (Å²) >= 11 is 5.75. The number of esters is 1. The number of rotatable bonds is 7. The maximum Gasteiger partial charge on any atom is 0.307 e. The molecule has 26 heavy (non-hydrogen) atoms. The number of nitrogens with one attached hydrogen (secondary N) is 1. The second-order valence-electron chi connectivity index (χ2n) is 5.52. The van der Waals surface area contributed by atoms with Gasteiger partial charge in [-0.3, -0.25) is 9.59 Å². The largest absolute Gasteiger partial charge is 0.469 e. The van der Waals surface area contributed by atoms with Crippen molar-refractivity contribution in [2.24, 2.45) is 0 Å². The highest BCUT2D eigenvalue weighted by Gasteiger charge is 2.23. The molecule has 1 N–H and O–H groups in total. The minimum absolute atomic E-state index is 0.00118. The van der Waals surface area contributed by atoms with Crippen LogP contribution in [0.3, 0.4) is 0 Å². The van der Waals surface area contributed by atoms with Gasteiger partial charge in [-0.15, -0.1) is 0 Å². The summed E-state index contributed by atoms with van der Waals surface area (Å²) in [6.45, 7) is 0. The second-order valence-corrected chi connectivity index (χ2v) is 7.95. The average molecular weight is 396 g/mol. The Labute approximate surface area is 157 Å². The van der Waals surface area contributed by atoms with Crippen LogP contribution in [0.4, 0.5) is 0 Å². The van der Waals surface area contributed by atoms with Crippen molar-refractivity contribution in [2.75, 3.05) is 12.9 Å². The number of amides is 1. The fourth-order valence-electron chi connectivity index (χ4n) is 2.32. The molecular weight excluding hydrogens is 378 g/mol. The number of methoxy groups -OCH3 is 1. The van der Waals surface area contributed by atoms with Gasteiger partial charge in [-0.2, -0.15) is 0 Å². The molecular formula is C18H18ClNO5S. The zero-order chi connectivity index (χ0) is 19.2. The van der Waals surface area contributed by atoms with Crippen LogP contribution in [0, 0.1) is 0 Å². The molecule has 0 saturated carbocycles. The quantitative estimate of drug-likeness (QED) is 0.727. The Morgan fingerprint density at radius 1 is 1.08 bits per heavy atom. The van der Waals surface area contributed by atoms with E-state index in [0.29, 0.717) is 10.6 Å². The van der Waals surface area contributed by atoms with E-state index in [-0.39, 0.29) is 11.3 Å². The van der Waals surface area contributed by atoms with Gasteiger partial charge in [0.05, 0.1) is 24.5 Å². The van der Waals surface area contributed by atoms with E-state index in [0.717, 1.165) is 0 Å². The van der Waals surface area contributed by atoms with Gasteiger partial charge in [0.1, 0.15) is 5.75 Å². The lowest BCUT2D eigenvalue weighted by molar-refractivity contribution is -0.141. The highest BCUT2D eigenvalue weighted by Crippen LogP contribution is 2.19. The molecule has 1 atom stereocenters. The Hall–Kier alpha value is -2.38. The number of hydrogen-bond donors (Lipinski definition) is 1. The van der Waals surface area contributed by atoms with E-state index >= 15 is 0 Å². The first-order valence-corrected chi connectivity index (χ1v) is 9.74. The first-order chi connectivity index (χ1) is 12.3. The molecule has 2 rings (SSSR count). The third kappa shape index (κ3) is 5.57. The van der Waals surface area contributed by atoms with Crippen molar-refractivity contribution >= 4 is 33.3 Å². The van der Waals surface area contributed by atoms with Crippen LogP contribution in [0.15, 0.2) is 59.5 Å². The predicted molar refractivity (Wildman–Crippen MR) is 97.5 cm³/mol. The van der Waals surface area contributed by atoms with Crippen molar-refractivity contribution in [2.45, 2.75) is 17.4 Å². The minimum Gasteiger partial charge on any atom is -0.469 e. The fourth-order valence-corrected chi connectivity index (χ4v) is 3.59. The third-order valence-corrected chi connectivity index (χ3v) is 5.51. The first-order valence-electron chi connectivity index (χ1n) is 7.71. The molecule has 6 nitrogen and oxygen atoms in total. The summed E-state index contributed by atoms with van der Waals surface area (Å²) in [7, 11) is -2.58. The summed E-state index contributed by atoms with van der Waals surface area (Å²) in [6, 6.07) is 13.7. The van der Waals surface area contributed by atoms with E-state index < -0.39 is 33.5 Å². The SMILES string of the molecule is COC(=O)CC(NC(=O)CS(=O)(=O)c1ccc(Cl)cc1)c1ccccc1. The first kappa shape index (κ1) is 19.9. The summed E-state index contributed by atoms with van der Waals surface area (Å²) in [4.78, 5) is 23.9. The number of hydrogen-bond acceptors (Lipinski definition) is 5. The van der Waals surface area contributed by atoms with Gasteiger partial charge in [-0.25, -0.2) is 8.42 Å². The van der Waals surface area contributed by atoms with Crippen molar-refractivity contribution in [3.8, 4) is 0 Å². The van der Waals surface area contributed by atoms with E-state index in [1.165, 1.54) is 31.4 Å². The summed E-state index contributed by atoms with van der Waals surface area (Å²) in [5.74, 6) is -1.96. The number of carbonyl (C=O) groups is 2. The van der Waals surface area contributed by atoms with Crippen LogP contribution in [0.5, 0.6) is 0 Å². The van der Waals surface area contributed by atoms with Crippen LogP contribution in [0.1, 0.15) is 18.0 Å². The number of sulfone groups is 1. The summed E-state index contributed by atoms with van der Waals surface area (Å²) in [6.07, 6.45) is -0.104. The number of carbonyl (C=O) groups excluding carboxylic acids is 2. The molecule has 1 amide bonds. The van der Waals surface area contributed by atoms with Gasteiger partial charge < -0.3 is 10.1 Å². The number of halogens is 1. The van der Waals surface area contributed by atoms with E-state index in [9.17, 15) is 18.0 Å². The molecule has 0 fully saturated rings. The van der Waals surface area contributed by atoms with E-state index in [1.54, 1.807) is 30.3 Å². The summed E-state index contributed by atoms with van der Waals surface area (Å²) in [5.41, 5.74) is 0.676. The summed E-state index contributed by atoms with van der Waals surface area (Å²) < 4.78 is 29.4. The molecule has 2 aromatic carbocycles.